The van der Waals surface area contributed by atoms with E-state index < -0.39 is 17.2 Å². The van der Waals surface area contributed by atoms with E-state index in [0.29, 0.717) is 11.7 Å². The molecule has 0 aliphatic carbocycles. The summed E-state index contributed by atoms with van der Waals surface area (Å²) in [7, 11) is 3.58. The van der Waals surface area contributed by atoms with Gasteiger partial charge in [-0.25, -0.2) is 4.79 Å². The molecule has 1 aliphatic heterocycles. The molecule has 1 aromatic carbocycles. The van der Waals surface area contributed by atoms with E-state index in [9.17, 15) is 14.4 Å². The third-order valence-electron chi connectivity index (χ3n) is 4.61. The van der Waals surface area contributed by atoms with E-state index in [1.807, 2.05) is 18.2 Å². The Kier molecular flexibility index (Phi) is 5.22. The van der Waals surface area contributed by atoms with Crippen LogP contribution in [0.15, 0.2) is 40.1 Å². The van der Waals surface area contributed by atoms with Crippen LogP contribution < -0.4 is 21.9 Å². The number of nitrogens with zero attached hydrogens (tertiary/aromatic N) is 2. The summed E-state index contributed by atoms with van der Waals surface area (Å²) >= 11 is 0. The summed E-state index contributed by atoms with van der Waals surface area (Å²) in [6.45, 7) is 2.05. The lowest BCUT2D eigenvalue weighted by atomic mass is 10.0. The molecule has 1 aromatic heterocycles. The van der Waals surface area contributed by atoms with Crippen LogP contribution in [-0.4, -0.2) is 46.5 Å². The van der Waals surface area contributed by atoms with Gasteiger partial charge in [-0.3, -0.25) is 14.6 Å². The van der Waals surface area contributed by atoms with Gasteiger partial charge >= 0.3 is 5.69 Å². The molecule has 0 bridgehead atoms. The van der Waals surface area contributed by atoms with Gasteiger partial charge in [-0.05, 0) is 45.1 Å². The number of rotatable bonds is 4. The maximum atomic E-state index is 12.5. The molecule has 0 spiro atoms. The minimum absolute atomic E-state index is 0.110. The molecule has 8 heteroatoms. The third-order valence-corrected chi connectivity index (χ3v) is 4.61. The number of hydrogen-bond acceptors (Lipinski definition) is 5. The summed E-state index contributed by atoms with van der Waals surface area (Å²) < 4.78 is 1.17. The fourth-order valence-corrected chi connectivity index (χ4v) is 3.01. The van der Waals surface area contributed by atoms with Gasteiger partial charge in [0.05, 0.1) is 11.4 Å². The number of aromatic nitrogens is 2. The normalized spacial score (nSPS) is 15.6. The van der Waals surface area contributed by atoms with Crippen LogP contribution in [0.2, 0.25) is 0 Å². The van der Waals surface area contributed by atoms with E-state index in [1.165, 1.54) is 17.8 Å². The highest BCUT2D eigenvalue weighted by Crippen LogP contribution is 2.24. The van der Waals surface area contributed by atoms with Crippen LogP contribution >= 0.6 is 0 Å². The lowest BCUT2D eigenvalue weighted by molar-refractivity contribution is 0.102. The number of carbonyl (C=O) groups is 1. The Morgan fingerprint density at radius 2 is 1.77 bits per heavy atom. The first-order valence-electron chi connectivity index (χ1n) is 8.59. The van der Waals surface area contributed by atoms with Crippen LogP contribution in [0.4, 0.5) is 11.4 Å². The molecular formula is C18H23N5O3. The zero-order chi connectivity index (χ0) is 18.7. The van der Waals surface area contributed by atoms with Gasteiger partial charge in [0.2, 0.25) is 0 Å². The number of aryl methyl sites for hydroxylation is 1. The van der Waals surface area contributed by atoms with Crippen LogP contribution in [0, 0.1) is 0 Å². The lowest BCUT2D eigenvalue weighted by Gasteiger charge is -2.30. The van der Waals surface area contributed by atoms with E-state index in [2.05, 4.69) is 27.6 Å². The smallest absolute Gasteiger partial charge is 0.328 e. The number of likely N-dealkylation sites (tertiary alicyclic amines) is 1. The predicted octanol–water partition coefficient (Wildman–Crippen LogP) is 0.832. The second-order valence-electron chi connectivity index (χ2n) is 6.63. The Morgan fingerprint density at radius 1 is 1.12 bits per heavy atom. The Morgan fingerprint density at radius 3 is 2.46 bits per heavy atom. The number of H-pyrrole nitrogens is 1. The molecule has 1 amide bonds. The average Bonchev–Trinajstić information content (AvgIpc) is 2.61. The van der Waals surface area contributed by atoms with Crippen LogP contribution in [0.5, 0.6) is 0 Å². The summed E-state index contributed by atoms with van der Waals surface area (Å²) in [5.41, 5.74) is 0.0461. The summed E-state index contributed by atoms with van der Waals surface area (Å²) in [5, 5.41) is 6.24. The monoisotopic (exact) mass is 357 g/mol. The Balaban J connectivity index is 1.78. The van der Waals surface area contributed by atoms with E-state index in [4.69, 9.17) is 0 Å². The largest absolute Gasteiger partial charge is 0.381 e. The van der Waals surface area contributed by atoms with Gasteiger partial charge in [-0.15, -0.1) is 0 Å². The highest BCUT2D eigenvalue weighted by molar-refractivity contribution is 6.05. The molecule has 8 nitrogen and oxygen atoms in total. The minimum Gasteiger partial charge on any atom is -0.381 e. The first-order valence-corrected chi connectivity index (χ1v) is 8.59. The number of para-hydroxylation sites is 2. The Labute approximate surface area is 150 Å². The second kappa shape index (κ2) is 7.57. The van der Waals surface area contributed by atoms with Crippen molar-refractivity contribution in [3.63, 3.8) is 0 Å². The van der Waals surface area contributed by atoms with Crippen molar-refractivity contribution < 1.29 is 4.79 Å². The fraction of sp³-hybridized carbons (Fsp3) is 0.389. The molecule has 138 valence electrons. The zero-order valence-corrected chi connectivity index (χ0v) is 14.9. The van der Waals surface area contributed by atoms with E-state index in [1.54, 1.807) is 6.07 Å². The number of hydrogen-bond donors (Lipinski definition) is 3. The molecule has 0 atom stereocenters. The number of amides is 1. The summed E-state index contributed by atoms with van der Waals surface area (Å²) in [6, 6.07) is 7.74. The van der Waals surface area contributed by atoms with Crippen molar-refractivity contribution in [3.05, 3.63) is 56.9 Å². The highest BCUT2D eigenvalue weighted by atomic mass is 16.2. The number of aromatic amines is 1. The van der Waals surface area contributed by atoms with Crippen molar-refractivity contribution in [2.24, 2.45) is 7.05 Å². The van der Waals surface area contributed by atoms with Crippen molar-refractivity contribution in [3.8, 4) is 0 Å². The molecule has 1 aliphatic rings. The van der Waals surface area contributed by atoms with E-state index in [0.717, 1.165) is 31.6 Å². The first kappa shape index (κ1) is 17.9. The number of benzene rings is 1. The quantitative estimate of drug-likeness (QED) is 0.753. The predicted molar refractivity (Wildman–Crippen MR) is 101 cm³/mol. The van der Waals surface area contributed by atoms with Gasteiger partial charge in [-0.2, -0.15) is 0 Å². The number of nitrogens with one attached hydrogen (secondary N) is 3. The molecule has 2 heterocycles. The number of anilines is 2. The molecule has 2 aromatic rings. The van der Waals surface area contributed by atoms with Gasteiger partial charge < -0.3 is 20.1 Å². The van der Waals surface area contributed by atoms with Gasteiger partial charge in [0, 0.05) is 19.3 Å². The molecule has 3 N–H and O–H groups in total. The average molecular weight is 357 g/mol. The molecular weight excluding hydrogens is 334 g/mol. The maximum absolute atomic E-state index is 12.5. The molecule has 1 fully saturated rings. The van der Waals surface area contributed by atoms with E-state index >= 15 is 0 Å². The van der Waals surface area contributed by atoms with Crippen molar-refractivity contribution in [2.45, 2.75) is 18.9 Å². The number of carbonyl (C=O) groups excluding carboxylic acids is 1. The van der Waals surface area contributed by atoms with Gasteiger partial charge in [0.1, 0.15) is 5.56 Å². The summed E-state index contributed by atoms with van der Waals surface area (Å²) in [4.78, 5) is 40.3. The molecule has 0 unspecified atom stereocenters. The highest BCUT2D eigenvalue weighted by Gasteiger charge is 2.18. The van der Waals surface area contributed by atoms with Gasteiger partial charge in [0.25, 0.3) is 11.5 Å². The van der Waals surface area contributed by atoms with Crippen molar-refractivity contribution in [1.29, 1.82) is 0 Å². The molecule has 1 saturated heterocycles. The molecule has 0 radical (unpaired) electrons. The van der Waals surface area contributed by atoms with Crippen LogP contribution in [0.25, 0.3) is 0 Å². The summed E-state index contributed by atoms with van der Waals surface area (Å²) in [6.07, 6.45) is 3.29. The topological polar surface area (TPSA) is 99.2 Å². The lowest BCUT2D eigenvalue weighted by Crippen LogP contribution is -2.37. The van der Waals surface area contributed by atoms with E-state index in [-0.39, 0.29) is 5.56 Å². The Hall–Kier alpha value is -2.87. The second-order valence-corrected chi connectivity index (χ2v) is 6.63. The SMILES string of the molecule is CN1CCC(Nc2ccccc2NC(=O)c2cn(C)c(=O)[nH]c2=O)CC1. The van der Waals surface area contributed by atoms with Gasteiger partial charge in [-0.1, -0.05) is 12.1 Å². The van der Waals surface area contributed by atoms with Crippen molar-refractivity contribution >= 4 is 17.3 Å². The van der Waals surface area contributed by atoms with Crippen LogP contribution in [0.3, 0.4) is 0 Å². The Bertz CT molecular complexity index is 910. The number of piperidine rings is 1. The summed E-state index contributed by atoms with van der Waals surface area (Å²) in [5.74, 6) is -0.556. The molecule has 0 saturated carbocycles. The van der Waals surface area contributed by atoms with Crippen LogP contribution in [-0.2, 0) is 7.05 Å². The van der Waals surface area contributed by atoms with Crippen molar-refractivity contribution in [2.75, 3.05) is 30.8 Å². The molecule has 3 rings (SSSR count). The van der Waals surface area contributed by atoms with Crippen LogP contribution in [0.1, 0.15) is 23.2 Å². The molecule has 26 heavy (non-hydrogen) atoms. The minimum atomic E-state index is -0.702. The van der Waals surface area contributed by atoms with Crippen molar-refractivity contribution in [1.82, 2.24) is 14.5 Å². The fourth-order valence-electron chi connectivity index (χ4n) is 3.01. The zero-order valence-electron chi connectivity index (χ0n) is 14.9. The maximum Gasteiger partial charge on any atom is 0.328 e. The standard InChI is InChI=1S/C18H23N5O3/c1-22-9-7-12(8-10-22)19-14-5-3-4-6-15(14)20-16(24)13-11-23(2)18(26)21-17(13)25/h3-6,11-12,19H,7-10H2,1-2H3,(H,20,24)(H,21,25,26). The van der Waals surface area contributed by atoms with Gasteiger partial charge in [0.15, 0.2) is 0 Å². The first-order chi connectivity index (χ1) is 12.4. The third kappa shape index (κ3) is 4.02.